The van der Waals surface area contributed by atoms with Gasteiger partial charge in [-0.15, -0.1) is 0 Å². The lowest BCUT2D eigenvalue weighted by atomic mass is 10.0. The Balaban J connectivity index is 1.83. The van der Waals surface area contributed by atoms with Crippen molar-refractivity contribution in [1.82, 2.24) is 5.32 Å². The molecular formula is C13H19FN2. The van der Waals surface area contributed by atoms with E-state index in [1.54, 1.807) is 6.07 Å². The molecule has 1 aliphatic rings. The zero-order valence-corrected chi connectivity index (χ0v) is 9.72. The number of nitrogens with one attached hydrogen (secondary N) is 1. The predicted molar refractivity (Wildman–Crippen MR) is 64.5 cm³/mol. The fourth-order valence-electron chi connectivity index (χ4n) is 1.98. The number of nitrogen functional groups attached to an aromatic ring is 1. The zero-order valence-electron chi connectivity index (χ0n) is 9.72. The molecule has 0 saturated heterocycles. The van der Waals surface area contributed by atoms with Gasteiger partial charge in [0.15, 0.2) is 0 Å². The Kier molecular flexibility index (Phi) is 3.15. The molecular weight excluding hydrogens is 203 g/mol. The summed E-state index contributed by atoms with van der Waals surface area (Å²) in [5.41, 5.74) is 7.13. The number of hydrogen-bond donors (Lipinski definition) is 2. The molecule has 3 heteroatoms. The molecule has 1 fully saturated rings. The van der Waals surface area contributed by atoms with Gasteiger partial charge in [0.05, 0.1) is 5.69 Å². The lowest BCUT2D eigenvalue weighted by molar-refractivity contribution is 0.443. The first-order valence-corrected chi connectivity index (χ1v) is 5.90. The minimum absolute atomic E-state index is 0.218. The second-order valence-electron chi connectivity index (χ2n) is 4.81. The molecule has 3 N–H and O–H groups in total. The maximum Gasteiger partial charge on any atom is 0.146 e. The molecule has 2 rings (SSSR count). The summed E-state index contributed by atoms with van der Waals surface area (Å²) in [5.74, 6) is -0.323. The van der Waals surface area contributed by atoms with Crippen LogP contribution < -0.4 is 11.1 Å². The van der Waals surface area contributed by atoms with E-state index in [1.807, 2.05) is 6.07 Å². The minimum atomic E-state index is -0.323. The van der Waals surface area contributed by atoms with Crippen LogP contribution in [0.1, 0.15) is 31.7 Å². The van der Waals surface area contributed by atoms with Gasteiger partial charge in [-0.2, -0.15) is 0 Å². The lowest BCUT2D eigenvalue weighted by Crippen LogP contribution is -2.23. The van der Waals surface area contributed by atoms with Gasteiger partial charge in [-0.1, -0.05) is 13.0 Å². The van der Waals surface area contributed by atoms with Crippen LogP contribution in [0.2, 0.25) is 0 Å². The van der Waals surface area contributed by atoms with Crippen molar-refractivity contribution in [3.8, 4) is 0 Å². The van der Waals surface area contributed by atoms with Gasteiger partial charge in [-0.25, -0.2) is 4.39 Å². The molecule has 0 amide bonds. The van der Waals surface area contributed by atoms with Gasteiger partial charge in [0.1, 0.15) is 5.82 Å². The molecule has 88 valence electrons. The van der Waals surface area contributed by atoms with E-state index in [9.17, 15) is 4.39 Å². The first-order chi connectivity index (χ1) is 7.65. The van der Waals surface area contributed by atoms with Crippen molar-refractivity contribution in [3.05, 3.63) is 29.6 Å². The Morgan fingerprint density at radius 1 is 1.44 bits per heavy atom. The van der Waals surface area contributed by atoms with Crippen molar-refractivity contribution in [3.63, 3.8) is 0 Å². The smallest absolute Gasteiger partial charge is 0.146 e. The van der Waals surface area contributed by atoms with E-state index in [0.717, 1.165) is 18.7 Å². The second-order valence-corrected chi connectivity index (χ2v) is 4.81. The summed E-state index contributed by atoms with van der Waals surface area (Å²) in [5, 5.41) is 3.39. The Bertz CT molecular complexity index is 372. The SMILES string of the molecule is CCC1(CNCc2ccc(N)c(F)c2)CC1. The zero-order chi connectivity index (χ0) is 11.6. The molecule has 0 unspecified atom stereocenters. The van der Waals surface area contributed by atoms with Crippen LogP contribution in [-0.4, -0.2) is 6.54 Å². The van der Waals surface area contributed by atoms with Crippen molar-refractivity contribution >= 4 is 5.69 Å². The lowest BCUT2D eigenvalue weighted by Gasteiger charge is -2.13. The summed E-state index contributed by atoms with van der Waals surface area (Å²) in [6.45, 7) is 3.99. The van der Waals surface area contributed by atoms with Crippen LogP contribution in [0.4, 0.5) is 10.1 Å². The van der Waals surface area contributed by atoms with Crippen LogP contribution in [0.25, 0.3) is 0 Å². The molecule has 1 aromatic rings. The van der Waals surface area contributed by atoms with Crippen LogP contribution in [0, 0.1) is 11.2 Å². The predicted octanol–water partition coefficient (Wildman–Crippen LogP) is 2.69. The van der Waals surface area contributed by atoms with Crippen LogP contribution in [0.5, 0.6) is 0 Å². The van der Waals surface area contributed by atoms with Crippen molar-refractivity contribution in [2.24, 2.45) is 5.41 Å². The highest BCUT2D eigenvalue weighted by Crippen LogP contribution is 2.47. The van der Waals surface area contributed by atoms with Crippen molar-refractivity contribution < 1.29 is 4.39 Å². The molecule has 0 bridgehead atoms. The highest BCUT2D eigenvalue weighted by molar-refractivity contribution is 5.41. The average Bonchev–Trinajstić information content (AvgIpc) is 3.04. The van der Waals surface area contributed by atoms with Crippen molar-refractivity contribution in [2.45, 2.75) is 32.7 Å². The highest BCUT2D eigenvalue weighted by atomic mass is 19.1. The standard InChI is InChI=1S/C13H19FN2/c1-2-13(5-6-13)9-16-8-10-3-4-12(15)11(14)7-10/h3-4,7,16H,2,5-6,8-9,15H2,1H3. The third-order valence-corrected chi connectivity index (χ3v) is 3.60. The Hall–Kier alpha value is -1.09. The van der Waals surface area contributed by atoms with E-state index in [2.05, 4.69) is 12.2 Å². The number of anilines is 1. The maximum atomic E-state index is 13.2. The third-order valence-electron chi connectivity index (χ3n) is 3.60. The Labute approximate surface area is 96.0 Å². The summed E-state index contributed by atoms with van der Waals surface area (Å²) in [4.78, 5) is 0. The van der Waals surface area contributed by atoms with Crippen LogP contribution >= 0.6 is 0 Å². The van der Waals surface area contributed by atoms with E-state index < -0.39 is 0 Å². The van der Waals surface area contributed by atoms with Crippen molar-refractivity contribution in [1.29, 1.82) is 0 Å². The van der Waals surface area contributed by atoms with Gasteiger partial charge in [-0.05, 0) is 42.4 Å². The summed E-state index contributed by atoms with van der Waals surface area (Å²) >= 11 is 0. The third kappa shape index (κ3) is 2.53. The second kappa shape index (κ2) is 4.42. The van der Waals surface area contributed by atoms with Gasteiger partial charge in [-0.3, -0.25) is 0 Å². The van der Waals surface area contributed by atoms with E-state index in [0.29, 0.717) is 5.41 Å². The van der Waals surface area contributed by atoms with Gasteiger partial charge in [0, 0.05) is 13.1 Å². The first-order valence-electron chi connectivity index (χ1n) is 5.90. The minimum Gasteiger partial charge on any atom is -0.396 e. The van der Waals surface area contributed by atoms with Gasteiger partial charge in [0.2, 0.25) is 0 Å². The molecule has 0 spiro atoms. The van der Waals surface area contributed by atoms with Gasteiger partial charge < -0.3 is 11.1 Å². The average molecular weight is 222 g/mol. The number of nitrogens with two attached hydrogens (primary N) is 1. The summed E-state index contributed by atoms with van der Waals surface area (Å²) in [6, 6.07) is 5.00. The molecule has 2 nitrogen and oxygen atoms in total. The number of rotatable bonds is 5. The Morgan fingerprint density at radius 2 is 2.19 bits per heavy atom. The number of halogens is 1. The molecule has 0 radical (unpaired) electrons. The van der Waals surface area contributed by atoms with Crippen LogP contribution in [-0.2, 0) is 6.54 Å². The first kappa shape index (κ1) is 11.4. The van der Waals surface area contributed by atoms with E-state index in [-0.39, 0.29) is 11.5 Å². The monoisotopic (exact) mass is 222 g/mol. The molecule has 1 aromatic carbocycles. The molecule has 0 heterocycles. The molecule has 0 aromatic heterocycles. The van der Waals surface area contributed by atoms with Crippen LogP contribution in [0.15, 0.2) is 18.2 Å². The van der Waals surface area contributed by atoms with E-state index >= 15 is 0 Å². The quantitative estimate of drug-likeness (QED) is 0.752. The fraction of sp³-hybridized carbons (Fsp3) is 0.538. The fourth-order valence-corrected chi connectivity index (χ4v) is 1.98. The molecule has 1 saturated carbocycles. The van der Waals surface area contributed by atoms with E-state index in [1.165, 1.54) is 25.3 Å². The molecule has 1 aliphatic carbocycles. The number of benzene rings is 1. The normalized spacial score (nSPS) is 17.4. The van der Waals surface area contributed by atoms with Gasteiger partial charge >= 0.3 is 0 Å². The summed E-state index contributed by atoms with van der Waals surface area (Å²) in [7, 11) is 0. The van der Waals surface area contributed by atoms with Gasteiger partial charge in [0.25, 0.3) is 0 Å². The van der Waals surface area contributed by atoms with Crippen LogP contribution in [0.3, 0.4) is 0 Å². The summed E-state index contributed by atoms with van der Waals surface area (Å²) in [6.07, 6.45) is 3.88. The molecule has 16 heavy (non-hydrogen) atoms. The molecule has 0 atom stereocenters. The maximum absolute atomic E-state index is 13.2. The number of hydrogen-bond acceptors (Lipinski definition) is 2. The highest BCUT2D eigenvalue weighted by Gasteiger charge is 2.39. The van der Waals surface area contributed by atoms with E-state index in [4.69, 9.17) is 5.73 Å². The topological polar surface area (TPSA) is 38.0 Å². The molecule has 0 aliphatic heterocycles. The Morgan fingerprint density at radius 3 is 2.75 bits per heavy atom. The largest absolute Gasteiger partial charge is 0.396 e. The summed E-state index contributed by atoms with van der Waals surface area (Å²) < 4.78 is 13.2. The van der Waals surface area contributed by atoms with Crippen molar-refractivity contribution in [2.75, 3.05) is 12.3 Å².